The Morgan fingerprint density at radius 1 is 1.08 bits per heavy atom. The Bertz CT molecular complexity index is 1310. The standard InChI is InChI=1S/C26H32F2N8O2/c1-16(2)35-12-18(11-29-35)21-5-4-6-22(30-21)26(38)31-23-15-36(32-24(23)25(27)28)20-13-34(14-20)19-7-9-33(10-8-19)17(3)37/h4-6,11-12,15-16,19-20,25H,7-10,13-14H2,1-3H3,(H,31,38). The summed E-state index contributed by atoms with van der Waals surface area (Å²) in [7, 11) is 0. The Balaban J connectivity index is 1.24. The Morgan fingerprint density at radius 3 is 2.45 bits per heavy atom. The molecule has 0 bridgehead atoms. The summed E-state index contributed by atoms with van der Waals surface area (Å²) in [6, 6.07) is 5.51. The molecule has 0 spiro atoms. The number of alkyl halides is 2. The summed E-state index contributed by atoms with van der Waals surface area (Å²) in [5.74, 6) is -0.489. The van der Waals surface area contributed by atoms with Crippen LogP contribution in [0, 0.1) is 0 Å². The second-order valence-electron chi connectivity index (χ2n) is 10.2. The summed E-state index contributed by atoms with van der Waals surface area (Å²) in [5.41, 5.74) is 0.965. The van der Waals surface area contributed by atoms with Gasteiger partial charge in [0.05, 0.1) is 23.6 Å². The number of rotatable bonds is 7. The van der Waals surface area contributed by atoms with E-state index in [1.165, 1.54) is 10.9 Å². The van der Waals surface area contributed by atoms with E-state index in [9.17, 15) is 18.4 Å². The molecule has 2 amide bonds. The Kier molecular flexibility index (Phi) is 7.24. The number of aromatic nitrogens is 5. The molecule has 10 nitrogen and oxygen atoms in total. The van der Waals surface area contributed by atoms with Crippen molar-refractivity contribution in [2.75, 3.05) is 31.5 Å². The summed E-state index contributed by atoms with van der Waals surface area (Å²) >= 11 is 0. The molecular formula is C26H32F2N8O2. The number of nitrogens with one attached hydrogen (secondary N) is 1. The third-order valence-electron chi connectivity index (χ3n) is 7.31. The van der Waals surface area contributed by atoms with Gasteiger partial charge < -0.3 is 10.2 Å². The van der Waals surface area contributed by atoms with E-state index in [1.54, 1.807) is 36.0 Å². The highest BCUT2D eigenvalue weighted by molar-refractivity contribution is 6.03. The lowest BCUT2D eigenvalue weighted by molar-refractivity contribution is -0.130. The van der Waals surface area contributed by atoms with Crippen LogP contribution in [0.25, 0.3) is 11.3 Å². The molecule has 2 saturated heterocycles. The smallest absolute Gasteiger partial charge is 0.284 e. The molecule has 0 aliphatic carbocycles. The maximum absolute atomic E-state index is 13.8. The molecule has 0 radical (unpaired) electrons. The molecule has 0 aromatic carbocycles. The molecule has 202 valence electrons. The fraction of sp³-hybridized carbons (Fsp3) is 0.500. The van der Waals surface area contributed by atoms with Gasteiger partial charge >= 0.3 is 0 Å². The first-order chi connectivity index (χ1) is 18.2. The molecule has 2 aliphatic rings. The fourth-order valence-electron chi connectivity index (χ4n) is 5.01. The fourth-order valence-corrected chi connectivity index (χ4v) is 5.01. The Morgan fingerprint density at radius 2 is 1.82 bits per heavy atom. The minimum atomic E-state index is -2.83. The number of carbonyl (C=O) groups is 2. The highest BCUT2D eigenvalue weighted by Crippen LogP contribution is 2.32. The maximum Gasteiger partial charge on any atom is 0.284 e. The lowest BCUT2D eigenvalue weighted by Crippen LogP contribution is -2.56. The van der Waals surface area contributed by atoms with Gasteiger partial charge in [0.25, 0.3) is 12.3 Å². The van der Waals surface area contributed by atoms with Crippen molar-refractivity contribution < 1.29 is 18.4 Å². The predicted octanol–water partition coefficient (Wildman–Crippen LogP) is 3.78. The van der Waals surface area contributed by atoms with Gasteiger partial charge in [-0.15, -0.1) is 0 Å². The number of anilines is 1. The molecule has 5 rings (SSSR count). The monoisotopic (exact) mass is 526 g/mol. The van der Waals surface area contributed by atoms with Crippen molar-refractivity contribution in [3.8, 4) is 11.3 Å². The van der Waals surface area contributed by atoms with Crippen molar-refractivity contribution in [1.82, 2.24) is 34.3 Å². The van der Waals surface area contributed by atoms with E-state index >= 15 is 0 Å². The van der Waals surface area contributed by atoms with Gasteiger partial charge in [0.2, 0.25) is 5.91 Å². The van der Waals surface area contributed by atoms with Gasteiger partial charge in [-0.25, -0.2) is 13.8 Å². The second kappa shape index (κ2) is 10.6. The number of hydrogen-bond acceptors (Lipinski definition) is 6. The van der Waals surface area contributed by atoms with Gasteiger partial charge in [0.15, 0.2) is 5.69 Å². The van der Waals surface area contributed by atoms with Crippen LogP contribution in [0.2, 0.25) is 0 Å². The predicted molar refractivity (Wildman–Crippen MR) is 137 cm³/mol. The van der Waals surface area contributed by atoms with Gasteiger partial charge in [0, 0.05) is 63.1 Å². The first kappa shape index (κ1) is 26.0. The second-order valence-corrected chi connectivity index (χ2v) is 10.2. The summed E-state index contributed by atoms with van der Waals surface area (Å²) in [6.07, 6.45) is 3.98. The van der Waals surface area contributed by atoms with Gasteiger partial charge in [-0.05, 0) is 38.8 Å². The van der Waals surface area contributed by atoms with Crippen LogP contribution < -0.4 is 5.32 Å². The van der Waals surface area contributed by atoms with E-state index in [1.807, 2.05) is 24.9 Å². The Labute approximate surface area is 219 Å². The van der Waals surface area contributed by atoms with Crippen molar-refractivity contribution in [3.05, 3.63) is 48.2 Å². The summed E-state index contributed by atoms with van der Waals surface area (Å²) < 4.78 is 30.9. The highest BCUT2D eigenvalue weighted by atomic mass is 19.3. The van der Waals surface area contributed by atoms with Crippen LogP contribution in [0.3, 0.4) is 0 Å². The molecule has 3 aromatic rings. The quantitative estimate of drug-likeness (QED) is 0.503. The summed E-state index contributed by atoms with van der Waals surface area (Å²) in [6.45, 7) is 8.47. The first-order valence-electron chi connectivity index (χ1n) is 12.9. The molecule has 0 unspecified atom stereocenters. The number of likely N-dealkylation sites (tertiary alicyclic amines) is 2. The molecule has 1 N–H and O–H groups in total. The molecule has 5 heterocycles. The SMILES string of the molecule is CC(=O)N1CCC(N2CC(n3cc(NC(=O)c4cccc(-c5cnn(C(C)C)c5)n4)c(C(F)F)n3)C2)CC1. The van der Waals surface area contributed by atoms with E-state index in [4.69, 9.17) is 0 Å². The van der Waals surface area contributed by atoms with E-state index in [2.05, 4.69) is 25.4 Å². The normalized spacial score (nSPS) is 17.3. The lowest BCUT2D eigenvalue weighted by atomic mass is 9.97. The zero-order valence-corrected chi connectivity index (χ0v) is 21.7. The van der Waals surface area contributed by atoms with Gasteiger partial charge in [-0.2, -0.15) is 10.2 Å². The molecule has 2 fully saturated rings. The number of pyridine rings is 1. The van der Waals surface area contributed by atoms with Crippen molar-refractivity contribution in [2.24, 2.45) is 0 Å². The number of nitrogens with zero attached hydrogens (tertiary/aromatic N) is 7. The number of halogens is 2. The van der Waals surface area contributed by atoms with Crippen molar-refractivity contribution in [3.63, 3.8) is 0 Å². The largest absolute Gasteiger partial charge is 0.343 e. The van der Waals surface area contributed by atoms with Crippen LogP contribution in [-0.4, -0.2) is 78.4 Å². The minimum Gasteiger partial charge on any atom is -0.343 e. The summed E-state index contributed by atoms with van der Waals surface area (Å²) in [5, 5.41) is 11.0. The molecule has 2 aliphatic heterocycles. The number of carbonyl (C=O) groups excluding carboxylic acids is 2. The number of piperidine rings is 1. The van der Waals surface area contributed by atoms with Gasteiger partial charge in [0.1, 0.15) is 5.69 Å². The molecular weight excluding hydrogens is 494 g/mol. The van der Waals surface area contributed by atoms with Crippen LogP contribution in [-0.2, 0) is 4.79 Å². The number of hydrogen-bond donors (Lipinski definition) is 1. The van der Waals surface area contributed by atoms with E-state index in [0.29, 0.717) is 24.8 Å². The molecule has 38 heavy (non-hydrogen) atoms. The van der Waals surface area contributed by atoms with Crippen LogP contribution >= 0.6 is 0 Å². The third kappa shape index (κ3) is 5.31. The van der Waals surface area contributed by atoms with E-state index in [0.717, 1.165) is 31.5 Å². The molecule has 0 atom stereocenters. The van der Waals surface area contributed by atoms with Crippen molar-refractivity contribution in [2.45, 2.75) is 58.2 Å². The van der Waals surface area contributed by atoms with Gasteiger partial charge in [-0.1, -0.05) is 6.07 Å². The van der Waals surface area contributed by atoms with Crippen LogP contribution in [0.5, 0.6) is 0 Å². The zero-order chi connectivity index (χ0) is 27.0. The van der Waals surface area contributed by atoms with Crippen molar-refractivity contribution in [1.29, 1.82) is 0 Å². The zero-order valence-electron chi connectivity index (χ0n) is 21.7. The van der Waals surface area contributed by atoms with Gasteiger partial charge in [-0.3, -0.25) is 23.9 Å². The van der Waals surface area contributed by atoms with Crippen molar-refractivity contribution >= 4 is 17.5 Å². The highest BCUT2D eigenvalue weighted by Gasteiger charge is 2.36. The van der Waals surface area contributed by atoms with Crippen LogP contribution in [0.4, 0.5) is 14.5 Å². The van der Waals surface area contributed by atoms with Crippen LogP contribution in [0.1, 0.15) is 68.3 Å². The minimum absolute atomic E-state index is 0.0157. The van der Waals surface area contributed by atoms with Crippen LogP contribution in [0.15, 0.2) is 36.8 Å². The maximum atomic E-state index is 13.8. The third-order valence-corrected chi connectivity index (χ3v) is 7.31. The van der Waals surface area contributed by atoms with E-state index < -0.39 is 18.0 Å². The summed E-state index contributed by atoms with van der Waals surface area (Å²) in [4.78, 5) is 33.1. The average molecular weight is 527 g/mol. The number of amides is 2. The molecule has 3 aromatic heterocycles. The van der Waals surface area contributed by atoms with E-state index in [-0.39, 0.29) is 29.4 Å². The first-order valence-corrected chi connectivity index (χ1v) is 12.9. The lowest BCUT2D eigenvalue weighted by Gasteiger charge is -2.47. The Hall–Kier alpha value is -3.67. The topological polar surface area (TPSA) is 101 Å². The molecule has 12 heteroatoms. The average Bonchev–Trinajstić information content (AvgIpc) is 3.52. The molecule has 0 saturated carbocycles.